The van der Waals surface area contributed by atoms with Crippen LogP contribution in [0, 0.1) is 6.92 Å². The van der Waals surface area contributed by atoms with Gasteiger partial charge in [0.05, 0.1) is 0 Å². The fraction of sp³-hybridized carbons (Fsp3) is 0.538. The van der Waals surface area contributed by atoms with E-state index in [4.69, 9.17) is 0 Å². The molecular formula is C13H20N2O2S2. The summed E-state index contributed by atoms with van der Waals surface area (Å²) < 4.78 is 27.1. The summed E-state index contributed by atoms with van der Waals surface area (Å²) >= 11 is 1.37. The number of nitrogens with one attached hydrogen (secondary N) is 1. The highest BCUT2D eigenvalue weighted by atomic mass is 32.2. The number of hydrogen-bond donors (Lipinski definition) is 1. The fourth-order valence-corrected chi connectivity index (χ4v) is 5.19. The molecule has 0 saturated carbocycles. The number of nitrogens with zero attached hydrogens (tertiary/aromatic N) is 1. The third-order valence-corrected chi connectivity index (χ3v) is 6.88. The second-order valence-corrected chi connectivity index (χ2v) is 8.17. The van der Waals surface area contributed by atoms with E-state index in [-0.39, 0.29) is 0 Å². The van der Waals surface area contributed by atoms with Crippen molar-refractivity contribution < 1.29 is 8.42 Å². The van der Waals surface area contributed by atoms with Crippen molar-refractivity contribution in [3.63, 3.8) is 0 Å². The van der Waals surface area contributed by atoms with Gasteiger partial charge in [-0.3, -0.25) is 0 Å². The lowest BCUT2D eigenvalue weighted by molar-refractivity contribution is 0.433. The summed E-state index contributed by atoms with van der Waals surface area (Å²) in [6, 6.07) is 1.79. The van der Waals surface area contributed by atoms with Crippen LogP contribution in [0.3, 0.4) is 0 Å². The molecule has 106 valence electrons. The van der Waals surface area contributed by atoms with Gasteiger partial charge in [0.2, 0.25) is 0 Å². The van der Waals surface area contributed by atoms with Crippen LogP contribution in [0.25, 0.3) is 0 Å². The van der Waals surface area contributed by atoms with Gasteiger partial charge >= 0.3 is 0 Å². The van der Waals surface area contributed by atoms with Crippen LogP contribution in [-0.4, -0.2) is 32.9 Å². The zero-order valence-electron chi connectivity index (χ0n) is 11.6. The quantitative estimate of drug-likeness (QED) is 0.867. The van der Waals surface area contributed by atoms with Crippen LogP contribution in [-0.2, 0) is 16.6 Å². The smallest absolute Gasteiger partial charge is 0.252 e. The van der Waals surface area contributed by atoms with Gasteiger partial charge in [0.15, 0.2) is 0 Å². The lowest BCUT2D eigenvalue weighted by atomic mass is 10.1. The summed E-state index contributed by atoms with van der Waals surface area (Å²) in [7, 11) is -1.46. The van der Waals surface area contributed by atoms with E-state index >= 15 is 0 Å². The number of thiophene rings is 1. The maximum Gasteiger partial charge on any atom is 0.252 e. The summed E-state index contributed by atoms with van der Waals surface area (Å²) in [4.78, 5) is 1.09. The maximum atomic E-state index is 12.6. The Morgan fingerprint density at radius 3 is 2.74 bits per heavy atom. The van der Waals surface area contributed by atoms with Gasteiger partial charge < -0.3 is 5.32 Å². The van der Waals surface area contributed by atoms with Gasteiger partial charge in [-0.1, -0.05) is 11.6 Å². The van der Waals surface area contributed by atoms with Gasteiger partial charge in [0.1, 0.15) is 4.21 Å². The molecule has 0 aliphatic carbocycles. The Hall–Kier alpha value is -0.690. The van der Waals surface area contributed by atoms with Gasteiger partial charge in [-0.15, -0.1) is 11.3 Å². The molecule has 1 N–H and O–H groups in total. The lowest BCUT2D eigenvalue weighted by Gasteiger charge is -2.23. The molecule has 1 aromatic rings. The number of hydrogen-bond acceptors (Lipinski definition) is 4. The molecule has 2 rings (SSSR count). The molecule has 6 heteroatoms. The van der Waals surface area contributed by atoms with Crippen molar-refractivity contribution >= 4 is 21.4 Å². The Bertz CT molecular complexity index is 588. The molecule has 0 aromatic carbocycles. The molecule has 0 radical (unpaired) electrons. The summed E-state index contributed by atoms with van der Waals surface area (Å²) in [5.41, 5.74) is 2.31. The first-order valence-corrected chi connectivity index (χ1v) is 8.60. The highest BCUT2D eigenvalue weighted by Gasteiger charge is 2.27. The first-order chi connectivity index (χ1) is 8.95. The van der Waals surface area contributed by atoms with Crippen molar-refractivity contribution in [1.82, 2.24) is 9.62 Å². The van der Waals surface area contributed by atoms with Crippen LogP contribution in [0.4, 0.5) is 0 Å². The maximum absolute atomic E-state index is 12.6. The van der Waals surface area contributed by atoms with Crippen LogP contribution < -0.4 is 5.32 Å². The molecule has 0 bridgehead atoms. The van der Waals surface area contributed by atoms with Gasteiger partial charge in [-0.2, -0.15) is 4.31 Å². The Balaban J connectivity index is 2.27. The van der Waals surface area contributed by atoms with E-state index in [9.17, 15) is 8.42 Å². The lowest BCUT2D eigenvalue weighted by Crippen LogP contribution is -2.34. The molecule has 4 nitrogen and oxygen atoms in total. The van der Waals surface area contributed by atoms with Gasteiger partial charge in [0.25, 0.3) is 10.0 Å². The zero-order chi connectivity index (χ0) is 14.0. The first kappa shape index (κ1) is 14.7. The molecule has 0 unspecified atom stereocenters. The minimum absolute atomic E-state index is 0.461. The summed E-state index contributed by atoms with van der Waals surface area (Å²) in [6.45, 7) is 5.80. The van der Waals surface area contributed by atoms with Crippen LogP contribution in [0.15, 0.2) is 21.9 Å². The summed E-state index contributed by atoms with van der Waals surface area (Å²) in [5.74, 6) is 0. The number of sulfonamides is 1. The Kier molecular flexibility index (Phi) is 4.45. The molecule has 0 saturated heterocycles. The van der Waals surface area contributed by atoms with E-state index in [0.29, 0.717) is 23.8 Å². The predicted octanol–water partition coefficient (Wildman–Crippen LogP) is 2.12. The minimum atomic E-state index is -3.33. The zero-order valence-corrected chi connectivity index (χ0v) is 13.2. The van der Waals surface area contributed by atoms with E-state index < -0.39 is 10.0 Å². The molecule has 0 amide bonds. The molecule has 0 atom stereocenters. The molecule has 19 heavy (non-hydrogen) atoms. The van der Waals surface area contributed by atoms with Crippen molar-refractivity contribution in [2.24, 2.45) is 0 Å². The van der Waals surface area contributed by atoms with E-state index in [1.165, 1.54) is 16.9 Å². The van der Waals surface area contributed by atoms with Crippen LogP contribution in [0.2, 0.25) is 0 Å². The SMILES string of the molecule is CNCc1sc(S(=O)(=O)N2CC=C(C)CC2)cc1C. The van der Waals surface area contributed by atoms with E-state index in [1.54, 1.807) is 10.4 Å². The van der Waals surface area contributed by atoms with Crippen LogP contribution in [0.5, 0.6) is 0 Å². The van der Waals surface area contributed by atoms with E-state index in [0.717, 1.165) is 16.9 Å². The average Bonchev–Trinajstić information content (AvgIpc) is 2.73. The van der Waals surface area contributed by atoms with Crippen LogP contribution >= 0.6 is 11.3 Å². The monoisotopic (exact) mass is 300 g/mol. The minimum Gasteiger partial charge on any atom is -0.315 e. The van der Waals surface area contributed by atoms with E-state index in [1.807, 2.05) is 27.0 Å². The van der Waals surface area contributed by atoms with Crippen molar-refractivity contribution in [1.29, 1.82) is 0 Å². The van der Waals surface area contributed by atoms with Crippen molar-refractivity contribution in [3.8, 4) is 0 Å². The standard InChI is InChI=1S/C13H20N2O2S2/c1-10-4-6-15(7-5-10)19(16,17)13-8-11(2)12(18-13)9-14-3/h4,8,14H,5-7,9H2,1-3H3. The fourth-order valence-electron chi connectivity index (χ4n) is 2.05. The van der Waals surface area contributed by atoms with Gasteiger partial charge in [-0.25, -0.2) is 8.42 Å². The van der Waals surface area contributed by atoms with Gasteiger partial charge in [0, 0.05) is 24.5 Å². The Morgan fingerprint density at radius 2 is 2.16 bits per heavy atom. The van der Waals surface area contributed by atoms with Crippen LogP contribution in [0.1, 0.15) is 23.8 Å². The van der Waals surface area contributed by atoms with E-state index in [2.05, 4.69) is 5.32 Å². The summed E-state index contributed by atoms with van der Waals surface area (Å²) in [6.07, 6.45) is 2.82. The molecular weight excluding hydrogens is 280 g/mol. The summed E-state index contributed by atoms with van der Waals surface area (Å²) in [5, 5.41) is 3.07. The Labute approximate surface area is 119 Å². The number of aryl methyl sites for hydroxylation is 1. The highest BCUT2D eigenvalue weighted by molar-refractivity contribution is 7.91. The van der Waals surface area contributed by atoms with Crippen molar-refractivity contribution in [3.05, 3.63) is 28.2 Å². The van der Waals surface area contributed by atoms with Crippen molar-refractivity contribution in [2.75, 3.05) is 20.1 Å². The van der Waals surface area contributed by atoms with Crippen molar-refractivity contribution in [2.45, 2.75) is 31.0 Å². The number of rotatable bonds is 4. The largest absolute Gasteiger partial charge is 0.315 e. The first-order valence-electron chi connectivity index (χ1n) is 6.35. The van der Waals surface area contributed by atoms with Gasteiger partial charge in [-0.05, 0) is 38.9 Å². The topological polar surface area (TPSA) is 49.4 Å². The molecule has 1 aliphatic rings. The second kappa shape index (κ2) is 5.75. The normalized spacial score (nSPS) is 17.5. The molecule has 0 fully saturated rings. The molecule has 0 spiro atoms. The Morgan fingerprint density at radius 1 is 1.42 bits per heavy atom. The second-order valence-electron chi connectivity index (χ2n) is 4.87. The molecule has 1 aliphatic heterocycles. The molecule has 1 aromatic heterocycles. The third kappa shape index (κ3) is 3.08. The molecule has 2 heterocycles. The average molecular weight is 300 g/mol. The third-order valence-electron chi connectivity index (χ3n) is 3.33. The predicted molar refractivity (Wildman–Crippen MR) is 79.0 cm³/mol. The highest BCUT2D eigenvalue weighted by Crippen LogP contribution is 2.29.